The minimum absolute atomic E-state index is 0.324. The Labute approximate surface area is 96.8 Å². The molecule has 1 aromatic rings. The third kappa shape index (κ3) is 2.12. The Bertz CT molecular complexity index is 365. The molecule has 1 N–H and O–H groups in total. The van der Waals surface area contributed by atoms with Crippen LogP contribution in [-0.2, 0) is 0 Å². The van der Waals surface area contributed by atoms with Crippen LogP contribution >= 0.6 is 11.6 Å². The molecule has 0 fully saturated rings. The summed E-state index contributed by atoms with van der Waals surface area (Å²) in [6.45, 7) is 7.97. The molecule has 0 aromatic heterocycles. The molecule has 2 rings (SSSR count). The van der Waals surface area contributed by atoms with E-state index in [1.54, 1.807) is 0 Å². The van der Waals surface area contributed by atoms with E-state index >= 15 is 0 Å². The molecule has 0 saturated carbocycles. The average molecular weight is 224 g/mol. The highest BCUT2D eigenvalue weighted by Crippen LogP contribution is 2.43. The van der Waals surface area contributed by atoms with E-state index in [9.17, 15) is 0 Å². The Kier molecular flexibility index (Phi) is 2.68. The summed E-state index contributed by atoms with van der Waals surface area (Å²) in [7, 11) is 0. The number of halogens is 1. The molecule has 1 unspecified atom stereocenters. The fraction of sp³-hybridized carbons (Fsp3) is 0.538. The van der Waals surface area contributed by atoms with Crippen molar-refractivity contribution in [3.05, 3.63) is 28.8 Å². The minimum Gasteiger partial charge on any atom is -0.385 e. The first-order valence-electron chi connectivity index (χ1n) is 5.52. The highest BCUT2D eigenvalue weighted by molar-refractivity contribution is 6.30. The highest BCUT2D eigenvalue weighted by atomic mass is 35.5. The summed E-state index contributed by atoms with van der Waals surface area (Å²) in [5.41, 5.74) is 2.96. The van der Waals surface area contributed by atoms with E-state index in [1.807, 2.05) is 12.1 Å². The third-order valence-electron chi connectivity index (χ3n) is 3.18. The summed E-state index contributed by atoms with van der Waals surface area (Å²) >= 11 is 6.00. The van der Waals surface area contributed by atoms with Gasteiger partial charge in [0.05, 0.1) is 0 Å². The van der Waals surface area contributed by atoms with Crippen molar-refractivity contribution in [1.82, 2.24) is 0 Å². The van der Waals surface area contributed by atoms with Gasteiger partial charge in [0, 0.05) is 17.3 Å². The summed E-state index contributed by atoms with van der Waals surface area (Å²) in [5.74, 6) is 0.631. The Morgan fingerprint density at radius 3 is 2.73 bits per heavy atom. The van der Waals surface area contributed by atoms with E-state index in [0.717, 1.165) is 11.6 Å². The highest BCUT2D eigenvalue weighted by Gasteiger charge is 2.30. The van der Waals surface area contributed by atoms with Gasteiger partial charge in [-0.25, -0.2) is 0 Å². The maximum Gasteiger partial charge on any atom is 0.0426 e. The van der Waals surface area contributed by atoms with E-state index in [-0.39, 0.29) is 0 Å². The number of rotatable bonds is 0. The fourth-order valence-corrected chi connectivity index (χ4v) is 2.56. The molecule has 2 heteroatoms. The predicted octanol–water partition coefficient (Wildman–Crippen LogP) is 4.29. The molecule has 0 spiro atoms. The van der Waals surface area contributed by atoms with E-state index in [2.05, 4.69) is 32.2 Å². The summed E-state index contributed by atoms with van der Waals surface area (Å²) in [5, 5.41) is 4.24. The Hall–Kier alpha value is -0.690. The zero-order valence-electron chi connectivity index (χ0n) is 9.60. The van der Waals surface area contributed by atoms with Crippen molar-refractivity contribution in [2.75, 3.05) is 11.9 Å². The van der Waals surface area contributed by atoms with E-state index in [1.165, 1.54) is 17.7 Å². The molecule has 1 atom stereocenters. The van der Waals surface area contributed by atoms with E-state index in [0.29, 0.717) is 11.3 Å². The van der Waals surface area contributed by atoms with Crippen molar-refractivity contribution in [2.45, 2.75) is 33.1 Å². The molecule has 0 aliphatic carbocycles. The molecule has 1 aromatic carbocycles. The molecule has 1 aliphatic heterocycles. The maximum atomic E-state index is 6.00. The zero-order chi connectivity index (χ0) is 11.1. The standard InChI is InChI=1S/C13H18ClN/c1-13(2,3)11-6-7-15-12-8-9(14)4-5-10(11)12/h4-5,8,11,15H,6-7H2,1-3H3. The van der Waals surface area contributed by atoms with Crippen molar-refractivity contribution in [3.63, 3.8) is 0 Å². The number of fused-ring (bicyclic) bond motifs is 1. The monoisotopic (exact) mass is 223 g/mol. The molecule has 1 aliphatic rings. The second kappa shape index (κ2) is 3.71. The second-order valence-corrected chi connectivity index (χ2v) is 5.80. The van der Waals surface area contributed by atoms with Crippen LogP contribution in [0.4, 0.5) is 5.69 Å². The Morgan fingerprint density at radius 2 is 2.07 bits per heavy atom. The summed E-state index contributed by atoms with van der Waals surface area (Å²) in [6.07, 6.45) is 1.21. The van der Waals surface area contributed by atoms with Gasteiger partial charge in [-0.15, -0.1) is 0 Å². The van der Waals surface area contributed by atoms with Gasteiger partial charge in [-0.1, -0.05) is 38.4 Å². The molecular formula is C13H18ClN. The molecule has 1 heterocycles. The van der Waals surface area contributed by atoms with Gasteiger partial charge in [0.2, 0.25) is 0 Å². The predicted molar refractivity (Wildman–Crippen MR) is 66.8 cm³/mol. The molecule has 0 amide bonds. The number of benzene rings is 1. The smallest absolute Gasteiger partial charge is 0.0426 e. The van der Waals surface area contributed by atoms with Crippen molar-refractivity contribution >= 4 is 17.3 Å². The van der Waals surface area contributed by atoms with Crippen LogP contribution in [0.5, 0.6) is 0 Å². The van der Waals surface area contributed by atoms with Crippen LogP contribution in [0.1, 0.15) is 38.7 Å². The molecule has 0 radical (unpaired) electrons. The van der Waals surface area contributed by atoms with Gasteiger partial charge in [0.1, 0.15) is 0 Å². The van der Waals surface area contributed by atoms with Crippen LogP contribution in [0.2, 0.25) is 5.02 Å². The van der Waals surface area contributed by atoms with Crippen molar-refractivity contribution in [2.24, 2.45) is 5.41 Å². The van der Waals surface area contributed by atoms with Gasteiger partial charge in [0.15, 0.2) is 0 Å². The third-order valence-corrected chi connectivity index (χ3v) is 3.42. The lowest BCUT2D eigenvalue weighted by atomic mass is 9.73. The average Bonchev–Trinajstić information content (AvgIpc) is 2.15. The van der Waals surface area contributed by atoms with Crippen LogP contribution in [-0.4, -0.2) is 6.54 Å². The van der Waals surface area contributed by atoms with Gasteiger partial charge >= 0.3 is 0 Å². The lowest BCUT2D eigenvalue weighted by Gasteiger charge is -2.36. The molecule has 82 valence electrons. The van der Waals surface area contributed by atoms with Crippen LogP contribution in [0, 0.1) is 5.41 Å². The van der Waals surface area contributed by atoms with Crippen LogP contribution in [0.3, 0.4) is 0 Å². The molecule has 15 heavy (non-hydrogen) atoms. The quantitative estimate of drug-likeness (QED) is 0.692. The van der Waals surface area contributed by atoms with Crippen molar-refractivity contribution in [1.29, 1.82) is 0 Å². The maximum absolute atomic E-state index is 6.00. The Morgan fingerprint density at radius 1 is 1.33 bits per heavy atom. The van der Waals surface area contributed by atoms with Gasteiger partial charge in [-0.2, -0.15) is 0 Å². The van der Waals surface area contributed by atoms with Gasteiger partial charge in [-0.3, -0.25) is 0 Å². The topological polar surface area (TPSA) is 12.0 Å². The van der Waals surface area contributed by atoms with E-state index in [4.69, 9.17) is 11.6 Å². The minimum atomic E-state index is 0.324. The SMILES string of the molecule is CC(C)(C)C1CCNc2cc(Cl)ccc21. The number of nitrogens with one attached hydrogen (secondary N) is 1. The van der Waals surface area contributed by atoms with E-state index < -0.39 is 0 Å². The lowest BCUT2D eigenvalue weighted by molar-refractivity contribution is 0.305. The van der Waals surface area contributed by atoms with Gasteiger partial charge in [-0.05, 0) is 35.4 Å². The lowest BCUT2D eigenvalue weighted by Crippen LogP contribution is -2.26. The molecule has 1 nitrogen and oxygen atoms in total. The molecule has 0 bridgehead atoms. The summed E-state index contributed by atoms with van der Waals surface area (Å²) in [4.78, 5) is 0. The first-order chi connectivity index (χ1) is 6.98. The summed E-state index contributed by atoms with van der Waals surface area (Å²) < 4.78 is 0. The van der Waals surface area contributed by atoms with Gasteiger partial charge in [0.25, 0.3) is 0 Å². The Balaban J connectivity index is 2.43. The van der Waals surface area contributed by atoms with Crippen LogP contribution < -0.4 is 5.32 Å². The zero-order valence-corrected chi connectivity index (χ0v) is 10.4. The number of anilines is 1. The first-order valence-corrected chi connectivity index (χ1v) is 5.89. The van der Waals surface area contributed by atoms with Crippen molar-refractivity contribution < 1.29 is 0 Å². The van der Waals surface area contributed by atoms with Crippen LogP contribution in [0.25, 0.3) is 0 Å². The largest absolute Gasteiger partial charge is 0.385 e. The summed E-state index contributed by atoms with van der Waals surface area (Å²) in [6, 6.07) is 6.20. The number of hydrogen-bond acceptors (Lipinski definition) is 1. The van der Waals surface area contributed by atoms with Crippen LogP contribution in [0.15, 0.2) is 18.2 Å². The fourth-order valence-electron chi connectivity index (χ4n) is 2.39. The van der Waals surface area contributed by atoms with Crippen molar-refractivity contribution in [3.8, 4) is 0 Å². The van der Waals surface area contributed by atoms with Gasteiger partial charge < -0.3 is 5.32 Å². The second-order valence-electron chi connectivity index (χ2n) is 5.37. The first kappa shape index (κ1) is 10.8. The molecular weight excluding hydrogens is 206 g/mol. The normalized spacial score (nSPS) is 20.7. The molecule has 0 saturated heterocycles. The number of hydrogen-bond donors (Lipinski definition) is 1.